The quantitative estimate of drug-likeness (QED) is 0.690. The molecule has 2 aromatic carbocycles. The van der Waals surface area contributed by atoms with E-state index >= 15 is 0 Å². The van der Waals surface area contributed by atoms with E-state index in [0.29, 0.717) is 6.54 Å². The van der Waals surface area contributed by atoms with Crippen LogP contribution in [0.4, 0.5) is 0 Å². The van der Waals surface area contributed by atoms with Gasteiger partial charge in [-0.2, -0.15) is 0 Å². The molecule has 0 fully saturated rings. The monoisotopic (exact) mass is 372 g/mol. The molecule has 2 N–H and O–H groups in total. The van der Waals surface area contributed by atoms with Crippen LogP contribution < -0.4 is 10.0 Å². The van der Waals surface area contributed by atoms with Gasteiger partial charge in [-0.05, 0) is 43.8 Å². The van der Waals surface area contributed by atoms with Crippen LogP contribution in [-0.2, 0) is 21.4 Å². The highest BCUT2D eigenvalue weighted by Crippen LogP contribution is 2.17. The maximum Gasteiger partial charge on any atom is 0.243 e. The second-order valence-electron chi connectivity index (χ2n) is 5.89. The third-order valence-corrected chi connectivity index (χ3v) is 5.68. The molecular formula is C18H20N4O3S. The Labute approximate surface area is 152 Å². The van der Waals surface area contributed by atoms with E-state index in [-0.39, 0.29) is 10.8 Å². The molecule has 0 spiro atoms. The van der Waals surface area contributed by atoms with Crippen LogP contribution in [0.5, 0.6) is 0 Å². The maximum atomic E-state index is 12.5. The zero-order valence-corrected chi connectivity index (χ0v) is 15.3. The minimum absolute atomic E-state index is 0.139. The van der Waals surface area contributed by atoms with Crippen LogP contribution in [-0.4, -0.2) is 30.9 Å². The molecule has 26 heavy (non-hydrogen) atoms. The minimum atomic E-state index is -3.46. The molecule has 1 heterocycles. The first-order chi connectivity index (χ1) is 12.4. The number of aromatic nitrogens is 2. The number of benzene rings is 2. The molecule has 0 saturated heterocycles. The van der Waals surface area contributed by atoms with Crippen molar-refractivity contribution in [1.29, 1.82) is 0 Å². The Morgan fingerprint density at radius 2 is 1.85 bits per heavy atom. The van der Waals surface area contributed by atoms with E-state index in [4.69, 9.17) is 0 Å². The second kappa shape index (κ2) is 7.27. The molecule has 8 heteroatoms. The van der Waals surface area contributed by atoms with Gasteiger partial charge in [0.05, 0.1) is 22.3 Å². The molecule has 1 unspecified atom stereocenters. The summed E-state index contributed by atoms with van der Waals surface area (Å²) in [6.07, 6.45) is 1.66. The fourth-order valence-electron chi connectivity index (χ4n) is 2.65. The number of nitrogens with one attached hydrogen (secondary N) is 2. The Morgan fingerprint density at radius 1 is 1.15 bits per heavy atom. The van der Waals surface area contributed by atoms with Crippen molar-refractivity contribution in [2.45, 2.75) is 24.4 Å². The Balaban J connectivity index is 1.67. The number of fused-ring (bicyclic) bond motifs is 1. The number of carbonyl (C=O) groups is 1. The van der Waals surface area contributed by atoms with Crippen LogP contribution in [0.15, 0.2) is 59.8 Å². The molecule has 1 atom stereocenters. The first-order valence-corrected chi connectivity index (χ1v) is 9.62. The standard InChI is InChI=1S/C18H20N4O3S/c1-13(22-12-21-16-5-3-4-6-17(16)22)18(23)20-11-14-7-9-15(10-8-14)26(24,25)19-2/h3-10,12-13,19H,11H2,1-2H3,(H,20,23). The lowest BCUT2D eigenvalue weighted by Crippen LogP contribution is -2.30. The summed E-state index contributed by atoms with van der Waals surface area (Å²) in [5, 5.41) is 2.87. The Morgan fingerprint density at radius 3 is 2.54 bits per heavy atom. The van der Waals surface area contributed by atoms with Gasteiger partial charge in [0.15, 0.2) is 0 Å². The van der Waals surface area contributed by atoms with Crippen molar-refractivity contribution in [3.63, 3.8) is 0 Å². The zero-order valence-electron chi connectivity index (χ0n) is 14.5. The van der Waals surface area contributed by atoms with Crippen molar-refractivity contribution in [2.75, 3.05) is 7.05 Å². The molecule has 1 amide bonds. The number of imidazole rings is 1. The lowest BCUT2D eigenvalue weighted by Gasteiger charge is -2.15. The van der Waals surface area contributed by atoms with E-state index in [1.54, 1.807) is 18.5 Å². The van der Waals surface area contributed by atoms with E-state index in [1.807, 2.05) is 35.8 Å². The average Bonchev–Trinajstić information content (AvgIpc) is 3.10. The van der Waals surface area contributed by atoms with Crippen molar-refractivity contribution < 1.29 is 13.2 Å². The summed E-state index contributed by atoms with van der Waals surface area (Å²) >= 11 is 0. The number of carbonyl (C=O) groups excluding carboxylic acids is 1. The average molecular weight is 372 g/mol. The number of para-hydroxylation sites is 2. The minimum Gasteiger partial charge on any atom is -0.350 e. The zero-order chi connectivity index (χ0) is 18.7. The summed E-state index contributed by atoms with van der Waals surface area (Å²) in [6, 6.07) is 13.6. The Hall–Kier alpha value is -2.71. The van der Waals surface area contributed by atoms with Gasteiger partial charge in [0.2, 0.25) is 15.9 Å². The van der Waals surface area contributed by atoms with E-state index in [9.17, 15) is 13.2 Å². The molecule has 0 radical (unpaired) electrons. The van der Waals surface area contributed by atoms with Gasteiger partial charge in [-0.25, -0.2) is 18.1 Å². The number of rotatable bonds is 6. The summed E-state index contributed by atoms with van der Waals surface area (Å²) in [6.45, 7) is 2.13. The van der Waals surface area contributed by atoms with Crippen LogP contribution >= 0.6 is 0 Å². The molecule has 3 aromatic rings. The molecule has 0 aliphatic carbocycles. The highest BCUT2D eigenvalue weighted by molar-refractivity contribution is 7.89. The van der Waals surface area contributed by atoms with Crippen LogP contribution in [0.25, 0.3) is 11.0 Å². The summed E-state index contributed by atoms with van der Waals surface area (Å²) in [4.78, 5) is 17.0. The summed E-state index contributed by atoms with van der Waals surface area (Å²) in [5.74, 6) is -0.139. The third kappa shape index (κ3) is 3.61. The van der Waals surface area contributed by atoms with Crippen LogP contribution in [0.3, 0.4) is 0 Å². The molecule has 0 saturated carbocycles. The van der Waals surface area contributed by atoms with E-state index in [0.717, 1.165) is 16.6 Å². The third-order valence-electron chi connectivity index (χ3n) is 4.25. The van der Waals surface area contributed by atoms with Gasteiger partial charge in [-0.1, -0.05) is 24.3 Å². The molecular weight excluding hydrogens is 352 g/mol. The molecule has 0 bridgehead atoms. The number of sulfonamides is 1. The second-order valence-corrected chi connectivity index (χ2v) is 7.77. The number of hydrogen-bond donors (Lipinski definition) is 2. The van der Waals surface area contributed by atoms with Gasteiger partial charge in [0, 0.05) is 6.54 Å². The van der Waals surface area contributed by atoms with Gasteiger partial charge in [-0.15, -0.1) is 0 Å². The van der Waals surface area contributed by atoms with Gasteiger partial charge in [-0.3, -0.25) is 4.79 Å². The van der Waals surface area contributed by atoms with Gasteiger partial charge in [0.25, 0.3) is 0 Å². The van der Waals surface area contributed by atoms with Crippen LogP contribution in [0.1, 0.15) is 18.5 Å². The first kappa shape index (κ1) is 18.1. The predicted molar refractivity (Wildman–Crippen MR) is 99.0 cm³/mol. The highest BCUT2D eigenvalue weighted by atomic mass is 32.2. The lowest BCUT2D eigenvalue weighted by atomic mass is 10.2. The van der Waals surface area contributed by atoms with Gasteiger partial charge >= 0.3 is 0 Å². The first-order valence-electron chi connectivity index (χ1n) is 8.14. The fraction of sp³-hybridized carbons (Fsp3) is 0.222. The van der Waals surface area contributed by atoms with E-state index in [2.05, 4.69) is 15.0 Å². The molecule has 7 nitrogen and oxygen atoms in total. The molecule has 0 aliphatic heterocycles. The smallest absolute Gasteiger partial charge is 0.243 e. The summed E-state index contributed by atoms with van der Waals surface area (Å²) in [7, 11) is -2.09. The van der Waals surface area contributed by atoms with Gasteiger partial charge in [0.1, 0.15) is 6.04 Å². The van der Waals surface area contributed by atoms with Crippen LogP contribution in [0.2, 0.25) is 0 Å². The van der Waals surface area contributed by atoms with Crippen molar-refractivity contribution in [2.24, 2.45) is 0 Å². The van der Waals surface area contributed by atoms with Crippen LogP contribution in [0, 0.1) is 0 Å². The number of amides is 1. The largest absolute Gasteiger partial charge is 0.350 e. The van der Waals surface area contributed by atoms with Crippen molar-refractivity contribution >= 4 is 27.0 Å². The predicted octanol–water partition coefficient (Wildman–Crippen LogP) is 1.82. The lowest BCUT2D eigenvalue weighted by molar-refractivity contribution is -0.123. The number of nitrogens with zero attached hydrogens (tertiary/aromatic N) is 2. The normalized spacial score (nSPS) is 12.8. The Kier molecular flexibility index (Phi) is 5.06. The topological polar surface area (TPSA) is 93.1 Å². The van der Waals surface area contributed by atoms with Crippen molar-refractivity contribution in [3.8, 4) is 0 Å². The molecule has 3 rings (SSSR count). The van der Waals surface area contributed by atoms with E-state index < -0.39 is 16.1 Å². The molecule has 0 aliphatic rings. The van der Waals surface area contributed by atoms with Crippen molar-refractivity contribution in [3.05, 3.63) is 60.4 Å². The molecule has 136 valence electrons. The summed E-state index contributed by atoms with van der Waals surface area (Å²) in [5.41, 5.74) is 2.56. The SMILES string of the molecule is CNS(=O)(=O)c1ccc(CNC(=O)C(C)n2cnc3ccccc32)cc1. The number of hydrogen-bond acceptors (Lipinski definition) is 4. The highest BCUT2D eigenvalue weighted by Gasteiger charge is 2.17. The maximum absolute atomic E-state index is 12.5. The fourth-order valence-corrected chi connectivity index (χ4v) is 3.38. The molecule has 1 aromatic heterocycles. The van der Waals surface area contributed by atoms with E-state index in [1.165, 1.54) is 19.2 Å². The van der Waals surface area contributed by atoms with Crippen molar-refractivity contribution in [1.82, 2.24) is 19.6 Å². The van der Waals surface area contributed by atoms with Gasteiger partial charge < -0.3 is 9.88 Å². The summed E-state index contributed by atoms with van der Waals surface area (Å²) < 4.78 is 27.5. The Bertz CT molecular complexity index is 1030.